The third kappa shape index (κ3) is 2.83. The van der Waals surface area contributed by atoms with Crippen LogP contribution in [0, 0.1) is 6.92 Å². The Morgan fingerprint density at radius 3 is 2.95 bits per heavy atom. The lowest BCUT2D eigenvalue weighted by molar-refractivity contribution is 0.787. The minimum Gasteiger partial charge on any atom is -0.275 e. The maximum Gasteiger partial charge on any atom is 0.357 e. The first-order valence-corrected chi connectivity index (χ1v) is 5.63. The van der Waals surface area contributed by atoms with Gasteiger partial charge in [0.05, 0.1) is 6.54 Å². The number of rotatable bonds is 4. The van der Waals surface area contributed by atoms with Gasteiger partial charge < -0.3 is 0 Å². The molecule has 19 heavy (non-hydrogen) atoms. The largest absolute Gasteiger partial charge is 0.357 e. The van der Waals surface area contributed by atoms with E-state index in [-0.39, 0.29) is 5.95 Å². The number of pyridine rings is 1. The van der Waals surface area contributed by atoms with Crippen LogP contribution in [-0.2, 0) is 0 Å². The Labute approximate surface area is 110 Å². The number of nitrogens with two attached hydrogens (primary N) is 1. The Morgan fingerprint density at radius 2 is 2.32 bits per heavy atom. The van der Waals surface area contributed by atoms with Crippen molar-refractivity contribution in [1.29, 1.82) is 0 Å². The second kappa shape index (κ2) is 5.40. The summed E-state index contributed by atoms with van der Waals surface area (Å²) in [6, 6.07) is 3.61. The number of aromatic nitrogens is 4. The molecule has 0 saturated heterocycles. The monoisotopic (exact) mass is 258 g/mol. The normalized spacial score (nSPS) is 10.2. The van der Waals surface area contributed by atoms with Gasteiger partial charge in [0.1, 0.15) is 12.1 Å². The lowest BCUT2D eigenvalue weighted by Gasteiger charge is -2.13. The van der Waals surface area contributed by atoms with Crippen molar-refractivity contribution in [2.45, 2.75) is 6.92 Å². The molecule has 2 aromatic rings. The Bertz CT molecular complexity index is 651. The molecule has 0 aromatic carbocycles. The van der Waals surface area contributed by atoms with Crippen molar-refractivity contribution in [3.05, 3.63) is 53.4 Å². The van der Waals surface area contributed by atoms with Crippen LogP contribution in [0.15, 0.2) is 42.1 Å². The summed E-state index contributed by atoms with van der Waals surface area (Å²) < 4.78 is 1.26. The van der Waals surface area contributed by atoms with E-state index in [4.69, 9.17) is 5.84 Å². The summed E-state index contributed by atoms with van der Waals surface area (Å²) in [4.78, 5) is 23.9. The van der Waals surface area contributed by atoms with Crippen molar-refractivity contribution >= 4 is 5.95 Å². The molecule has 0 aliphatic carbocycles. The summed E-state index contributed by atoms with van der Waals surface area (Å²) in [5.41, 5.74) is 0.510. The zero-order valence-electron chi connectivity index (χ0n) is 10.5. The Balaban J connectivity index is 2.40. The second-order valence-electron chi connectivity index (χ2n) is 3.94. The predicted molar refractivity (Wildman–Crippen MR) is 71.9 cm³/mol. The first kappa shape index (κ1) is 12.9. The molecule has 0 spiro atoms. The summed E-state index contributed by atoms with van der Waals surface area (Å²) in [5.74, 6) is 6.28. The molecule has 0 aliphatic rings. The summed E-state index contributed by atoms with van der Waals surface area (Å²) in [7, 11) is 0. The van der Waals surface area contributed by atoms with Gasteiger partial charge in [-0.3, -0.25) is 5.01 Å². The SMILES string of the molecule is C=CCN(N)c1ncn(-c2cc(C)ccn2)c(=O)n1. The smallest absolute Gasteiger partial charge is 0.275 e. The lowest BCUT2D eigenvalue weighted by atomic mass is 10.3. The van der Waals surface area contributed by atoms with E-state index in [2.05, 4.69) is 21.5 Å². The van der Waals surface area contributed by atoms with Gasteiger partial charge in [0.2, 0.25) is 5.95 Å². The molecule has 0 aliphatic heterocycles. The van der Waals surface area contributed by atoms with Gasteiger partial charge in [-0.1, -0.05) is 6.08 Å². The van der Waals surface area contributed by atoms with Gasteiger partial charge in [0, 0.05) is 6.20 Å². The van der Waals surface area contributed by atoms with Gasteiger partial charge in [-0.2, -0.15) is 4.98 Å². The van der Waals surface area contributed by atoms with Gasteiger partial charge in [0.15, 0.2) is 0 Å². The van der Waals surface area contributed by atoms with Crippen molar-refractivity contribution < 1.29 is 0 Å². The maximum absolute atomic E-state index is 11.9. The molecule has 2 heterocycles. The molecule has 2 aromatic heterocycles. The molecule has 0 bridgehead atoms. The van der Waals surface area contributed by atoms with E-state index in [0.717, 1.165) is 5.56 Å². The fourth-order valence-electron chi connectivity index (χ4n) is 1.50. The van der Waals surface area contributed by atoms with E-state index < -0.39 is 5.69 Å². The number of aryl methyl sites for hydroxylation is 1. The molecule has 0 radical (unpaired) electrons. The van der Waals surface area contributed by atoms with E-state index in [1.165, 1.54) is 15.9 Å². The number of hydrazine groups is 1. The highest BCUT2D eigenvalue weighted by atomic mass is 16.1. The van der Waals surface area contributed by atoms with Crippen LogP contribution in [0.5, 0.6) is 0 Å². The zero-order valence-corrected chi connectivity index (χ0v) is 10.5. The molecule has 98 valence electrons. The molecular formula is C12H14N6O. The van der Waals surface area contributed by atoms with Crippen LogP contribution in [0.2, 0.25) is 0 Å². The quantitative estimate of drug-likeness (QED) is 0.478. The fraction of sp³-hybridized carbons (Fsp3) is 0.167. The van der Waals surface area contributed by atoms with E-state index in [9.17, 15) is 4.79 Å². The Hall–Kier alpha value is -2.54. The van der Waals surface area contributed by atoms with Crippen LogP contribution in [0.4, 0.5) is 5.95 Å². The van der Waals surface area contributed by atoms with E-state index >= 15 is 0 Å². The van der Waals surface area contributed by atoms with Gasteiger partial charge in [-0.15, -0.1) is 6.58 Å². The minimum atomic E-state index is -0.484. The molecule has 2 N–H and O–H groups in total. The molecular weight excluding hydrogens is 244 g/mol. The molecule has 7 heteroatoms. The number of hydrogen-bond donors (Lipinski definition) is 1. The summed E-state index contributed by atoms with van der Waals surface area (Å²) in [6.45, 7) is 5.82. The summed E-state index contributed by atoms with van der Waals surface area (Å²) in [6.07, 6.45) is 4.57. The van der Waals surface area contributed by atoms with Crippen molar-refractivity contribution in [3.63, 3.8) is 0 Å². The van der Waals surface area contributed by atoms with Crippen molar-refractivity contribution in [3.8, 4) is 5.82 Å². The second-order valence-corrected chi connectivity index (χ2v) is 3.94. The van der Waals surface area contributed by atoms with Crippen LogP contribution in [0.25, 0.3) is 5.82 Å². The fourth-order valence-corrected chi connectivity index (χ4v) is 1.50. The highest BCUT2D eigenvalue weighted by Gasteiger charge is 2.08. The first-order valence-electron chi connectivity index (χ1n) is 5.63. The van der Waals surface area contributed by atoms with E-state index in [1.807, 2.05) is 13.0 Å². The standard InChI is InChI=1S/C12H14N6O/c1-3-6-18(13)11-15-8-17(12(19)16-11)10-7-9(2)4-5-14-10/h3-5,7-8H,1,6,13H2,2H3. The molecule has 2 rings (SSSR count). The van der Waals surface area contributed by atoms with Gasteiger partial charge in [-0.05, 0) is 24.6 Å². The highest BCUT2D eigenvalue weighted by molar-refractivity contribution is 5.29. The highest BCUT2D eigenvalue weighted by Crippen LogP contribution is 2.04. The Kier molecular flexibility index (Phi) is 3.67. The molecule has 0 unspecified atom stereocenters. The Morgan fingerprint density at radius 1 is 1.53 bits per heavy atom. The maximum atomic E-state index is 11.9. The topological polar surface area (TPSA) is 89.9 Å². The summed E-state index contributed by atoms with van der Waals surface area (Å²) >= 11 is 0. The zero-order chi connectivity index (χ0) is 13.8. The molecule has 0 atom stereocenters. The van der Waals surface area contributed by atoms with E-state index in [0.29, 0.717) is 12.4 Å². The molecule has 7 nitrogen and oxygen atoms in total. The van der Waals surface area contributed by atoms with Crippen molar-refractivity contribution in [2.75, 3.05) is 11.6 Å². The van der Waals surface area contributed by atoms with Crippen LogP contribution in [0.1, 0.15) is 5.56 Å². The van der Waals surface area contributed by atoms with Gasteiger partial charge in [0.25, 0.3) is 0 Å². The number of hydrogen-bond acceptors (Lipinski definition) is 6. The third-order valence-electron chi connectivity index (χ3n) is 2.42. The van der Waals surface area contributed by atoms with Crippen molar-refractivity contribution in [1.82, 2.24) is 19.5 Å². The van der Waals surface area contributed by atoms with Crippen LogP contribution in [-0.4, -0.2) is 26.1 Å². The molecule has 0 saturated carbocycles. The average Bonchev–Trinajstić information content (AvgIpc) is 2.38. The minimum absolute atomic E-state index is 0.147. The lowest BCUT2D eigenvalue weighted by Crippen LogP contribution is -2.35. The van der Waals surface area contributed by atoms with Crippen LogP contribution in [0.3, 0.4) is 0 Å². The van der Waals surface area contributed by atoms with Gasteiger partial charge in [-0.25, -0.2) is 25.2 Å². The predicted octanol–water partition coefficient (Wildman–Crippen LogP) is 0.197. The number of anilines is 1. The van der Waals surface area contributed by atoms with Crippen LogP contribution < -0.4 is 16.5 Å². The first-order chi connectivity index (χ1) is 9.11. The molecule has 0 fully saturated rings. The average molecular weight is 258 g/mol. The van der Waals surface area contributed by atoms with E-state index in [1.54, 1.807) is 18.3 Å². The van der Waals surface area contributed by atoms with Crippen molar-refractivity contribution in [2.24, 2.45) is 5.84 Å². The summed E-state index contributed by atoms with van der Waals surface area (Å²) in [5, 5.41) is 1.24. The van der Waals surface area contributed by atoms with Crippen LogP contribution >= 0.6 is 0 Å². The van der Waals surface area contributed by atoms with Gasteiger partial charge >= 0.3 is 5.69 Å². The molecule has 0 amide bonds. The number of nitrogens with zero attached hydrogens (tertiary/aromatic N) is 5. The third-order valence-corrected chi connectivity index (χ3v) is 2.42.